The van der Waals surface area contributed by atoms with Crippen molar-refractivity contribution in [2.75, 3.05) is 19.4 Å². The van der Waals surface area contributed by atoms with Crippen LogP contribution in [0.3, 0.4) is 0 Å². The van der Waals surface area contributed by atoms with E-state index in [2.05, 4.69) is 0 Å². The van der Waals surface area contributed by atoms with Gasteiger partial charge in [0.25, 0.3) is 0 Å². The largest absolute Gasteiger partial charge is 0.733 e. The first kappa shape index (κ1) is 21.9. The molecule has 3 aromatic carbocycles. The van der Waals surface area contributed by atoms with Gasteiger partial charge in [-0.1, -0.05) is 18.2 Å². The number of rotatable bonds is 6. The van der Waals surface area contributed by atoms with Crippen LogP contribution in [0.15, 0.2) is 66.4 Å². The van der Waals surface area contributed by atoms with Crippen LogP contribution in [-0.2, 0) is 0 Å². The highest BCUT2D eigenvalue weighted by molar-refractivity contribution is 6.14. The molecule has 0 saturated heterocycles. The normalized spacial score (nSPS) is 13.3. The number of benzene rings is 3. The van der Waals surface area contributed by atoms with Crippen LogP contribution in [0.2, 0.25) is 0 Å². The topological polar surface area (TPSA) is 118 Å². The first-order chi connectivity index (χ1) is 15.9. The summed E-state index contributed by atoms with van der Waals surface area (Å²) < 4.78 is 21.6. The third kappa shape index (κ3) is 4.36. The van der Waals surface area contributed by atoms with Gasteiger partial charge in [-0.05, 0) is 48.0 Å². The summed E-state index contributed by atoms with van der Waals surface area (Å²) in [6.45, 7) is 0. The minimum absolute atomic E-state index is 0.00766. The van der Waals surface area contributed by atoms with Crippen LogP contribution in [0.4, 0.5) is 5.69 Å². The molecule has 4 rings (SSSR count). The summed E-state index contributed by atoms with van der Waals surface area (Å²) in [4.78, 5) is 25.5. The Balaban J connectivity index is 1.58. The van der Waals surface area contributed by atoms with Gasteiger partial charge in [-0.15, -0.1) is 0 Å². The fourth-order valence-electron chi connectivity index (χ4n) is 3.33. The summed E-state index contributed by atoms with van der Waals surface area (Å²) in [5.74, 6) is -0.0995. The van der Waals surface area contributed by atoms with E-state index in [-0.39, 0.29) is 39.5 Å². The van der Waals surface area contributed by atoms with E-state index in [9.17, 15) is 14.8 Å². The van der Waals surface area contributed by atoms with E-state index >= 15 is 0 Å². The number of fused-ring (bicyclic) bond motifs is 1. The standard InChI is InChI=1S/C24H18NO8/c1-30-18-7-4-8-19(31-2)22(18)24(27)32-16-9-10-17-20(13-16)33-21(23(17)26)12-14-5-3-6-15(11-14)25(28)29/h3-13,28H,1-2H3/q-1. The van der Waals surface area contributed by atoms with E-state index < -0.39 is 5.97 Å². The Kier molecular flexibility index (Phi) is 5.99. The average molecular weight is 448 g/mol. The molecule has 1 heterocycles. The van der Waals surface area contributed by atoms with E-state index in [1.807, 2.05) is 0 Å². The Bertz CT molecular complexity index is 1240. The van der Waals surface area contributed by atoms with Crippen molar-refractivity contribution in [1.29, 1.82) is 0 Å². The second-order valence-electron chi connectivity index (χ2n) is 6.89. The van der Waals surface area contributed by atoms with Crippen molar-refractivity contribution in [2.45, 2.75) is 0 Å². The Morgan fingerprint density at radius 2 is 1.73 bits per heavy atom. The summed E-state index contributed by atoms with van der Waals surface area (Å²) in [6, 6.07) is 15.3. The number of hydrogen-bond donors (Lipinski definition) is 1. The van der Waals surface area contributed by atoms with Crippen LogP contribution in [-0.4, -0.2) is 31.2 Å². The molecule has 0 saturated carbocycles. The maximum Gasteiger partial charge on any atom is 0.351 e. The summed E-state index contributed by atoms with van der Waals surface area (Å²) >= 11 is 0. The quantitative estimate of drug-likeness (QED) is 0.256. The third-order valence-electron chi connectivity index (χ3n) is 4.87. The van der Waals surface area contributed by atoms with Crippen molar-refractivity contribution in [3.63, 3.8) is 0 Å². The Morgan fingerprint density at radius 3 is 2.39 bits per heavy atom. The average Bonchev–Trinajstić information content (AvgIpc) is 3.12. The van der Waals surface area contributed by atoms with Crippen molar-refractivity contribution in [3.8, 4) is 23.0 Å². The predicted molar refractivity (Wildman–Crippen MR) is 118 cm³/mol. The number of esters is 1. The smallest absolute Gasteiger partial charge is 0.351 e. The van der Waals surface area contributed by atoms with Gasteiger partial charge in [0.2, 0.25) is 5.78 Å². The highest BCUT2D eigenvalue weighted by atomic mass is 16.8. The second-order valence-corrected chi connectivity index (χ2v) is 6.89. The number of anilines is 1. The van der Waals surface area contributed by atoms with E-state index in [1.54, 1.807) is 30.3 Å². The molecule has 1 aliphatic heterocycles. The van der Waals surface area contributed by atoms with Gasteiger partial charge in [0.05, 0.1) is 25.5 Å². The second kappa shape index (κ2) is 9.03. The number of carbonyl (C=O) groups excluding carboxylic acids is 2. The summed E-state index contributed by atoms with van der Waals surface area (Å²) in [6.07, 6.45) is 1.45. The third-order valence-corrected chi connectivity index (χ3v) is 4.87. The lowest BCUT2D eigenvalue weighted by Gasteiger charge is -2.21. The van der Waals surface area contributed by atoms with Crippen molar-refractivity contribution < 1.29 is 33.7 Å². The number of methoxy groups -OCH3 is 2. The molecule has 0 amide bonds. The minimum Gasteiger partial charge on any atom is -0.733 e. The number of carbonyl (C=O) groups is 2. The molecular weight excluding hydrogens is 430 g/mol. The molecule has 3 aromatic rings. The van der Waals surface area contributed by atoms with Crippen molar-refractivity contribution in [1.82, 2.24) is 0 Å². The maximum atomic E-state index is 12.8. The first-order valence-electron chi connectivity index (χ1n) is 9.69. The van der Waals surface area contributed by atoms with Gasteiger partial charge in [0.15, 0.2) is 5.76 Å². The molecule has 0 bridgehead atoms. The van der Waals surface area contributed by atoms with Gasteiger partial charge in [-0.2, -0.15) is 0 Å². The monoisotopic (exact) mass is 448 g/mol. The lowest BCUT2D eigenvalue weighted by Crippen LogP contribution is -2.12. The number of hydrogen-bond acceptors (Lipinski definition) is 9. The lowest BCUT2D eigenvalue weighted by molar-refractivity contribution is 0.0727. The van der Waals surface area contributed by atoms with E-state index in [0.717, 1.165) is 0 Å². The van der Waals surface area contributed by atoms with Gasteiger partial charge >= 0.3 is 5.97 Å². The summed E-state index contributed by atoms with van der Waals surface area (Å²) in [5, 5.41) is 19.9. The van der Waals surface area contributed by atoms with E-state index in [0.29, 0.717) is 22.6 Å². The molecule has 0 fully saturated rings. The first-order valence-corrected chi connectivity index (χ1v) is 9.69. The fraction of sp³-hybridized carbons (Fsp3) is 0.0833. The molecule has 1 N–H and O–H groups in total. The molecule has 9 nitrogen and oxygen atoms in total. The number of allylic oxidation sites excluding steroid dienone is 1. The molecule has 0 spiro atoms. The molecule has 0 aliphatic carbocycles. The molecule has 9 heteroatoms. The number of ketones is 1. The molecular formula is C24H18NO8-. The van der Waals surface area contributed by atoms with Crippen molar-refractivity contribution in [2.24, 2.45) is 0 Å². The van der Waals surface area contributed by atoms with E-state index in [1.165, 1.54) is 50.6 Å². The molecule has 33 heavy (non-hydrogen) atoms. The number of nitrogens with zero attached hydrogens (tertiary/aromatic N) is 1. The van der Waals surface area contributed by atoms with Crippen LogP contribution >= 0.6 is 0 Å². The Labute approximate surface area is 188 Å². The maximum absolute atomic E-state index is 12.8. The van der Waals surface area contributed by atoms with Crippen LogP contribution in [0.1, 0.15) is 26.3 Å². The zero-order valence-electron chi connectivity index (χ0n) is 17.6. The summed E-state index contributed by atoms with van der Waals surface area (Å²) in [7, 11) is 2.86. The number of ether oxygens (including phenoxy) is 4. The van der Waals surface area contributed by atoms with Crippen LogP contribution in [0.5, 0.6) is 23.0 Å². The van der Waals surface area contributed by atoms with Crippen molar-refractivity contribution >= 4 is 23.5 Å². The van der Waals surface area contributed by atoms with Crippen LogP contribution < -0.4 is 24.2 Å². The zero-order valence-corrected chi connectivity index (χ0v) is 17.6. The SMILES string of the molecule is COc1cccc(OC)c1C(=O)Oc1ccc2c(c1)OC(=Cc1cccc(N([O-])O)c1)C2=O. The Hall–Kier alpha value is -4.34. The van der Waals surface area contributed by atoms with Gasteiger partial charge in [0.1, 0.15) is 28.6 Å². The predicted octanol–water partition coefficient (Wildman–Crippen LogP) is 4.23. The molecule has 0 radical (unpaired) electrons. The highest BCUT2D eigenvalue weighted by Crippen LogP contribution is 2.36. The van der Waals surface area contributed by atoms with Gasteiger partial charge in [0, 0.05) is 6.07 Å². The summed E-state index contributed by atoms with van der Waals surface area (Å²) in [5.41, 5.74) is 0.901. The lowest BCUT2D eigenvalue weighted by atomic mass is 10.1. The molecule has 0 atom stereocenters. The van der Waals surface area contributed by atoms with Gasteiger partial charge < -0.3 is 29.4 Å². The molecule has 0 aromatic heterocycles. The van der Waals surface area contributed by atoms with E-state index in [4.69, 9.17) is 24.2 Å². The number of Topliss-reactive ketones (excluding diaryl/α,β-unsaturated/α-hetero) is 1. The fourth-order valence-corrected chi connectivity index (χ4v) is 3.33. The highest BCUT2D eigenvalue weighted by Gasteiger charge is 2.28. The van der Waals surface area contributed by atoms with Crippen molar-refractivity contribution in [3.05, 3.63) is 88.3 Å². The Morgan fingerprint density at radius 1 is 1.03 bits per heavy atom. The van der Waals surface area contributed by atoms with Gasteiger partial charge in [-0.3, -0.25) is 10.0 Å². The van der Waals surface area contributed by atoms with Crippen LogP contribution in [0, 0.1) is 5.21 Å². The molecule has 168 valence electrons. The molecule has 0 unspecified atom stereocenters. The molecule has 1 aliphatic rings. The van der Waals surface area contributed by atoms with Gasteiger partial charge in [-0.25, -0.2) is 4.79 Å². The van der Waals surface area contributed by atoms with Crippen LogP contribution in [0.25, 0.3) is 6.08 Å². The zero-order chi connectivity index (χ0) is 23.5. The minimum atomic E-state index is -0.702.